The summed E-state index contributed by atoms with van der Waals surface area (Å²) in [5.41, 5.74) is 5.73. The lowest BCUT2D eigenvalue weighted by molar-refractivity contribution is -0.113. The Bertz CT molecular complexity index is 617. The molecule has 1 aromatic heterocycles. The summed E-state index contributed by atoms with van der Waals surface area (Å²) in [5, 5.41) is 1.06. The highest BCUT2D eigenvalue weighted by molar-refractivity contribution is 6.36. The smallest absolute Gasteiger partial charge is 0.241 e. The average Bonchev–Trinajstić information content (AvgIpc) is 2.75. The lowest BCUT2D eigenvalue weighted by Crippen LogP contribution is -2.04. The van der Waals surface area contributed by atoms with E-state index in [0.717, 1.165) is 5.56 Å². The first-order chi connectivity index (χ1) is 8.56. The Kier molecular flexibility index (Phi) is 3.75. The maximum absolute atomic E-state index is 10.6. The Hall–Kier alpha value is -1.71. The van der Waals surface area contributed by atoms with Gasteiger partial charge in [0.15, 0.2) is 0 Å². The highest BCUT2D eigenvalue weighted by Gasteiger charge is 2.08. The van der Waals surface area contributed by atoms with Gasteiger partial charge in [-0.25, -0.2) is 0 Å². The highest BCUT2D eigenvalue weighted by Crippen LogP contribution is 2.31. The van der Waals surface area contributed by atoms with Gasteiger partial charge in [-0.05, 0) is 36.4 Å². The molecule has 0 saturated heterocycles. The van der Waals surface area contributed by atoms with E-state index in [1.54, 1.807) is 30.3 Å². The summed E-state index contributed by atoms with van der Waals surface area (Å²) in [6.45, 7) is 0. The zero-order valence-corrected chi connectivity index (χ0v) is 10.7. The molecule has 0 spiro atoms. The molecule has 5 heteroatoms. The molecule has 0 unspecified atom stereocenters. The van der Waals surface area contributed by atoms with E-state index in [0.29, 0.717) is 21.6 Å². The number of hydrogen-bond acceptors (Lipinski definition) is 2. The average molecular weight is 282 g/mol. The number of rotatable bonds is 3. The van der Waals surface area contributed by atoms with E-state index in [2.05, 4.69) is 0 Å². The number of nitrogens with two attached hydrogens (primary N) is 1. The number of benzene rings is 1. The summed E-state index contributed by atoms with van der Waals surface area (Å²) in [5.74, 6) is 0.591. The number of amides is 1. The molecular formula is C13H9Cl2NO2. The molecule has 1 aromatic carbocycles. The Labute approximate surface area is 114 Å². The van der Waals surface area contributed by atoms with E-state index in [1.165, 1.54) is 12.2 Å². The van der Waals surface area contributed by atoms with E-state index in [1.807, 2.05) is 0 Å². The van der Waals surface area contributed by atoms with Crippen LogP contribution in [0.2, 0.25) is 10.0 Å². The van der Waals surface area contributed by atoms with Crippen LogP contribution in [0.3, 0.4) is 0 Å². The van der Waals surface area contributed by atoms with Gasteiger partial charge < -0.3 is 10.2 Å². The molecule has 0 aliphatic carbocycles. The molecule has 3 nitrogen and oxygen atoms in total. The number of primary amides is 1. The lowest BCUT2D eigenvalue weighted by Gasteiger charge is -2.00. The number of furan rings is 1. The second-order valence-electron chi connectivity index (χ2n) is 3.56. The maximum Gasteiger partial charge on any atom is 0.241 e. The molecule has 18 heavy (non-hydrogen) atoms. The van der Waals surface area contributed by atoms with E-state index in [-0.39, 0.29) is 0 Å². The standard InChI is InChI=1S/C13H9Cl2NO2/c14-8-1-4-10(11(15)7-8)12-5-2-9(18-12)3-6-13(16)17/h1-7H,(H2,16,17)/b6-3+. The van der Waals surface area contributed by atoms with Gasteiger partial charge in [0.25, 0.3) is 0 Å². The van der Waals surface area contributed by atoms with Crippen LogP contribution in [0.15, 0.2) is 40.8 Å². The number of hydrogen-bond donors (Lipinski definition) is 1. The molecule has 0 radical (unpaired) electrons. The third-order valence-corrected chi connectivity index (χ3v) is 2.78. The van der Waals surface area contributed by atoms with Gasteiger partial charge in [-0.3, -0.25) is 4.79 Å². The number of carbonyl (C=O) groups is 1. The molecule has 0 atom stereocenters. The highest BCUT2D eigenvalue weighted by atomic mass is 35.5. The van der Waals surface area contributed by atoms with Crippen LogP contribution in [0.1, 0.15) is 5.76 Å². The lowest BCUT2D eigenvalue weighted by atomic mass is 10.2. The second kappa shape index (κ2) is 5.29. The first-order valence-corrected chi connectivity index (χ1v) is 5.84. The normalized spacial score (nSPS) is 11.0. The molecule has 0 saturated carbocycles. The van der Waals surface area contributed by atoms with Gasteiger partial charge in [0.05, 0.1) is 5.02 Å². The van der Waals surface area contributed by atoms with Gasteiger partial charge in [0, 0.05) is 16.7 Å². The first-order valence-electron chi connectivity index (χ1n) is 5.09. The van der Waals surface area contributed by atoms with Crippen LogP contribution in [0.25, 0.3) is 17.4 Å². The van der Waals surface area contributed by atoms with E-state index < -0.39 is 5.91 Å². The van der Waals surface area contributed by atoms with Crippen molar-refractivity contribution in [2.75, 3.05) is 0 Å². The minimum atomic E-state index is -0.530. The zero-order valence-electron chi connectivity index (χ0n) is 9.19. The summed E-state index contributed by atoms with van der Waals surface area (Å²) in [6, 6.07) is 8.62. The van der Waals surface area contributed by atoms with E-state index in [4.69, 9.17) is 33.4 Å². The molecule has 0 aliphatic heterocycles. The van der Waals surface area contributed by atoms with Crippen LogP contribution in [0.5, 0.6) is 0 Å². The zero-order chi connectivity index (χ0) is 13.1. The predicted molar refractivity (Wildman–Crippen MR) is 72.4 cm³/mol. The van der Waals surface area contributed by atoms with Crippen LogP contribution in [-0.4, -0.2) is 5.91 Å². The topological polar surface area (TPSA) is 56.2 Å². The fraction of sp³-hybridized carbons (Fsp3) is 0. The summed E-state index contributed by atoms with van der Waals surface area (Å²) in [4.78, 5) is 10.6. The maximum atomic E-state index is 10.6. The second-order valence-corrected chi connectivity index (χ2v) is 4.41. The fourth-order valence-corrected chi connectivity index (χ4v) is 1.94. The minimum absolute atomic E-state index is 0.502. The van der Waals surface area contributed by atoms with Crippen molar-refractivity contribution < 1.29 is 9.21 Å². The Morgan fingerprint density at radius 2 is 2.00 bits per heavy atom. The summed E-state index contributed by atoms with van der Waals surface area (Å²) in [6.07, 6.45) is 2.72. The largest absolute Gasteiger partial charge is 0.457 e. The van der Waals surface area contributed by atoms with Gasteiger partial charge in [0.2, 0.25) is 5.91 Å². The molecule has 92 valence electrons. The molecule has 2 rings (SSSR count). The van der Waals surface area contributed by atoms with Crippen molar-refractivity contribution in [1.82, 2.24) is 0 Å². The van der Waals surface area contributed by atoms with Crippen LogP contribution in [0, 0.1) is 0 Å². The molecule has 0 bridgehead atoms. The molecule has 1 amide bonds. The Morgan fingerprint density at radius 3 is 2.67 bits per heavy atom. The van der Waals surface area contributed by atoms with Gasteiger partial charge in [-0.1, -0.05) is 23.2 Å². The van der Waals surface area contributed by atoms with Crippen molar-refractivity contribution in [2.24, 2.45) is 5.73 Å². The monoisotopic (exact) mass is 281 g/mol. The Balaban J connectivity index is 2.32. The van der Waals surface area contributed by atoms with Crippen molar-refractivity contribution in [3.05, 3.63) is 52.2 Å². The molecule has 2 aromatic rings. The van der Waals surface area contributed by atoms with Crippen molar-refractivity contribution >= 4 is 35.2 Å². The van der Waals surface area contributed by atoms with E-state index in [9.17, 15) is 4.79 Å². The Morgan fingerprint density at radius 1 is 1.22 bits per heavy atom. The third-order valence-electron chi connectivity index (χ3n) is 2.24. The first kappa shape index (κ1) is 12.7. The van der Waals surface area contributed by atoms with Gasteiger partial charge in [-0.15, -0.1) is 0 Å². The van der Waals surface area contributed by atoms with E-state index >= 15 is 0 Å². The molecule has 1 heterocycles. The number of halogens is 2. The predicted octanol–water partition coefficient (Wildman–Crippen LogP) is 3.75. The van der Waals surface area contributed by atoms with Crippen molar-refractivity contribution in [1.29, 1.82) is 0 Å². The molecular weight excluding hydrogens is 273 g/mol. The van der Waals surface area contributed by atoms with Crippen molar-refractivity contribution in [3.63, 3.8) is 0 Å². The SMILES string of the molecule is NC(=O)/C=C/c1ccc(-c2ccc(Cl)cc2Cl)o1. The summed E-state index contributed by atoms with van der Waals surface area (Å²) >= 11 is 11.9. The molecule has 0 fully saturated rings. The van der Waals surface area contributed by atoms with Gasteiger partial charge in [0.1, 0.15) is 11.5 Å². The summed E-state index contributed by atoms with van der Waals surface area (Å²) in [7, 11) is 0. The van der Waals surface area contributed by atoms with Crippen LogP contribution >= 0.6 is 23.2 Å². The van der Waals surface area contributed by atoms with Gasteiger partial charge in [-0.2, -0.15) is 0 Å². The third kappa shape index (κ3) is 2.94. The van der Waals surface area contributed by atoms with Crippen LogP contribution in [0.4, 0.5) is 0 Å². The fourth-order valence-electron chi connectivity index (χ4n) is 1.44. The molecule has 2 N–H and O–H groups in total. The van der Waals surface area contributed by atoms with Crippen LogP contribution < -0.4 is 5.73 Å². The molecule has 0 aliphatic rings. The van der Waals surface area contributed by atoms with Crippen molar-refractivity contribution in [2.45, 2.75) is 0 Å². The summed E-state index contributed by atoms with van der Waals surface area (Å²) < 4.78 is 5.52. The van der Waals surface area contributed by atoms with Crippen LogP contribution in [-0.2, 0) is 4.79 Å². The quantitative estimate of drug-likeness (QED) is 0.871. The van der Waals surface area contributed by atoms with Crippen molar-refractivity contribution in [3.8, 4) is 11.3 Å². The van der Waals surface area contributed by atoms with Gasteiger partial charge >= 0.3 is 0 Å². The minimum Gasteiger partial charge on any atom is -0.457 e. The number of carbonyl (C=O) groups excluding carboxylic acids is 1.